The maximum absolute atomic E-state index is 12.4. The van der Waals surface area contributed by atoms with Gasteiger partial charge in [-0.2, -0.15) is 0 Å². The second kappa shape index (κ2) is 9.26. The van der Waals surface area contributed by atoms with Crippen molar-refractivity contribution >= 4 is 11.8 Å². The quantitative estimate of drug-likeness (QED) is 0.812. The molecule has 1 aliphatic heterocycles. The number of furan rings is 1. The zero-order chi connectivity index (χ0) is 19.1. The average Bonchev–Trinajstić information content (AvgIpc) is 3.16. The van der Waals surface area contributed by atoms with Crippen molar-refractivity contribution in [2.45, 2.75) is 32.8 Å². The third-order valence-electron chi connectivity index (χ3n) is 4.72. The van der Waals surface area contributed by atoms with E-state index in [1.807, 2.05) is 35.2 Å². The van der Waals surface area contributed by atoms with Crippen molar-refractivity contribution in [1.82, 2.24) is 10.2 Å². The third kappa shape index (κ3) is 5.36. The summed E-state index contributed by atoms with van der Waals surface area (Å²) in [7, 11) is 0. The van der Waals surface area contributed by atoms with Crippen LogP contribution in [0.2, 0.25) is 0 Å². The van der Waals surface area contributed by atoms with Gasteiger partial charge in [0.15, 0.2) is 5.76 Å². The first-order valence-corrected chi connectivity index (χ1v) is 9.43. The molecule has 1 atom stereocenters. The van der Waals surface area contributed by atoms with Gasteiger partial charge in [-0.15, -0.1) is 0 Å². The van der Waals surface area contributed by atoms with Crippen molar-refractivity contribution in [1.29, 1.82) is 0 Å². The lowest BCUT2D eigenvalue weighted by atomic mass is 10.00. The van der Waals surface area contributed by atoms with E-state index in [0.29, 0.717) is 24.4 Å². The van der Waals surface area contributed by atoms with E-state index in [2.05, 4.69) is 12.2 Å². The zero-order valence-corrected chi connectivity index (χ0v) is 15.6. The first-order valence-electron chi connectivity index (χ1n) is 9.43. The van der Waals surface area contributed by atoms with E-state index in [4.69, 9.17) is 9.15 Å². The van der Waals surface area contributed by atoms with Crippen molar-refractivity contribution in [2.24, 2.45) is 5.92 Å². The monoisotopic (exact) mass is 370 g/mol. The van der Waals surface area contributed by atoms with E-state index in [9.17, 15) is 9.59 Å². The summed E-state index contributed by atoms with van der Waals surface area (Å²) in [5, 5.41) is 2.77. The second-order valence-corrected chi connectivity index (χ2v) is 6.97. The molecule has 1 aromatic heterocycles. The van der Waals surface area contributed by atoms with E-state index >= 15 is 0 Å². The summed E-state index contributed by atoms with van der Waals surface area (Å²) >= 11 is 0. The van der Waals surface area contributed by atoms with E-state index < -0.39 is 0 Å². The Bertz CT molecular complexity index is 757. The SMILES string of the molecule is CC1CCCN(C(=O)CCNC(=O)c2occc2COc2ccccc2)C1. The smallest absolute Gasteiger partial charge is 0.287 e. The molecule has 27 heavy (non-hydrogen) atoms. The van der Waals surface area contributed by atoms with Gasteiger partial charge in [0.05, 0.1) is 6.26 Å². The van der Waals surface area contributed by atoms with Crippen LogP contribution in [0.5, 0.6) is 5.75 Å². The average molecular weight is 370 g/mol. The Labute approximate surface area is 159 Å². The molecular formula is C21H26N2O4. The minimum absolute atomic E-state index is 0.0916. The number of likely N-dealkylation sites (tertiary alicyclic amines) is 1. The fraction of sp³-hybridized carbons (Fsp3) is 0.429. The van der Waals surface area contributed by atoms with Crippen molar-refractivity contribution in [2.75, 3.05) is 19.6 Å². The molecule has 0 radical (unpaired) electrons. The summed E-state index contributed by atoms with van der Waals surface area (Å²) in [6.07, 6.45) is 4.00. The Morgan fingerprint density at radius 1 is 1.26 bits per heavy atom. The molecule has 1 fully saturated rings. The Kier molecular flexibility index (Phi) is 6.52. The lowest BCUT2D eigenvalue weighted by molar-refractivity contribution is -0.132. The molecule has 1 unspecified atom stereocenters. The number of carbonyl (C=O) groups is 2. The molecule has 2 amide bonds. The summed E-state index contributed by atoms with van der Waals surface area (Å²) in [5.41, 5.74) is 0.674. The highest BCUT2D eigenvalue weighted by Crippen LogP contribution is 2.17. The highest BCUT2D eigenvalue weighted by atomic mass is 16.5. The highest BCUT2D eigenvalue weighted by Gasteiger charge is 2.21. The van der Waals surface area contributed by atoms with Crippen LogP contribution in [0.1, 0.15) is 42.3 Å². The molecule has 1 N–H and O–H groups in total. The van der Waals surface area contributed by atoms with Gasteiger partial charge in [0, 0.05) is 31.6 Å². The minimum Gasteiger partial charge on any atom is -0.489 e. The molecule has 6 nitrogen and oxygen atoms in total. The van der Waals surface area contributed by atoms with Crippen LogP contribution in [-0.2, 0) is 11.4 Å². The van der Waals surface area contributed by atoms with Crippen molar-refractivity contribution in [3.63, 3.8) is 0 Å². The second-order valence-electron chi connectivity index (χ2n) is 6.97. The molecule has 0 saturated carbocycles. The maximum Gasteiger partial charge on any atom is 0.287 e. The topological polar surface area (TPSA) is 71.8 Å². The van der Waals surface area contributed by atoms with Crippen molar-refractivity contribution in [3.8, 4) is 5.75 Å². The van der Waals surface area contributed by atoms with Gasteiger partial charge in [0.1, 0.15) is 12.4 Å². The predicted octanol–water partition coefficient (Wildman–Crippen LogP) is 3.24. The number of hydrogen-bond donors (Lipinski definition) is 1. The Morgan fingerprint density at radius 2 is 2.07 bits per heavy atom. The highest BCUT2D eigenvalue weighted by molar-refractivity contribution is 5.93. The van der Waals surface area contributed by atoms with E-state index in [1.54, 1.807) is 6.07 Å². The van der Waals surface area contributed by atoms with Crippen LogP contribution in [0.4, 0.5) is 0 Å². The van der Waals surface area contributed by atoms with Crippen molar-refractivity contribution < 1.29 is 18.7 Å². The van der Waals surface area contributed by atoms with Gasteiger partial charge < -0.3 is 19.4 Å². The number of hydrogen-bond acceptors (Lipinski definition) is 4. The van der Waals surface area contributed by atoms with Gasteiger partial charge in [-0.05, 0) is 37.0 Å². The van der Waals surface area contributed by atoms with Gasteiger partial charge in [0.2, 0.25) is 5.91 Å². The van der Waals surface area contributed by atoms with Crippen LogP contribution >= 0.6 is 0 Å². The number of piperidine rings is 1. The number of benzene rings is 1. The largest absolute Gasteiger partial charge is 0.489 e. The zero-order valence-electron chi connectivity index (χ0n) is 15.6. The fourth-order valence-electron chi connectivity index (χ4n) is 3.26. The molecule has 2 aromatic rings. The lowest BCUT2D eigenvalue weighted by Crippen LogP contribution is -2.40. The van der Waals surface area contributed by atoms with Crippen LogP contribution in [-0.4, -0.2) is 36.3 Å². The number of amides is 2. The Balaban J connectivity index is 1.46. The molecular weight excluding hydrogens is 344 g/mol. The number of para-hydroxylation sites is 1. The van der Waals surface area contributed by atoms with Crippen LogP contribution in [0.25, 0.3) is 0 Å². The van der Waals surface area contributed by atoms with Gasteiger partial charge in [-0.3, -0.25) is 9.59 Å². The van der Waals surface area contributed by atoms with E-state index in [-0.39, 0.29) is 24.2 Å². The summed E-state index contributed by atoms with van der Waals surface area (Å²) in [6.45, 7) is 4.33. The molecule has 144 valence electrons. The van der Waals surface area contributed by atoms with Crippen molar-refractivity contribution in [3.05, 3.63) is 54.0 Å². The lowest BCUT2D eigenvalue weighted by Gasteiger charge is -2.31. The molecule has 3 rings (SSSR count). The molecule has 1 aliphatic rings. The van der Waals surface area contributed by atoms with Gasteiger partial charge in [-0.25, -0.2) is 0 Å². The molecule has 0 spiro atoms. The predicted molar refractivity (Wildman–Crippen MR) is 101 cm³/mol. The third-order valence-corrected chi connectivity index (χ3v) is 4.72. The van der Waals surface area contributed by atoms with E-state index in [1.165, 1.54) is 12.7 Å². The summed E-state index contributed by atoms with van der Waals surface area (Å²) < 4.78 is 11.0. The number of rotatable bonds is 7. The molecule has 0 bridgehead atoms. The first kappa shape index (κ1) is 19.0. The van der Waals surface area contributed by atoms with Gasteiger partial charge in [-0.1, -0.05) is 25.1 Å². The molecule has 1 saturated heterocycles. The maximum atomic E-state index is 12.4. The van der Waals surface area contributed by atoms with E-state index in [0.717, 1.165) is 25.3 Å². The van der Waals surface area contributed by atoms with Crippen LogP contribution < -0.4 is 10.1 Å². The minimum atomic E-state index is -0.327. The molecule has 0 aliphatic carbocycles. The van der Waals surface area contributed by atoms with Gasteiger partial charge in [0.25, 0.3) is 5.91 Å². The number of nitrogens with zero attached hydrogens (tertiary/aromatic N) is 1. The molecule has 2 heterocycles. The summed E-state index contributed by atoms with van der Waals surface area (Å²) in [4.78, 5) is 26.5. The number of carbonyl (C=O) groups excluding carboxylic acids is 2. The number of ether oxygens (including phenoxy) is 1. The van der Waals surface area contributed by atoms with Crippen LogP contribution in [0, 0.1) is 5.92 Å². The molecule has 1 aromatic carbocycles. The summed E-state index contributed by atoms with van der Waals surface area (Å²) in [6, 6.07) is 11.1. The first-order chi connectivity index (χ1) is 13.1. The standard InChI is InChI=1S/C21H26N2O4/c1-16-6-5-12-23(14-16)19(24)9-11-22-21(25)20-17(10-13-26-20)15-27-18-7-3-2-4-8-18/h2-4,7-8,10,13,16H,5-6,9,11-12,14-15H2,1H3,(H,22,25). The Hall–Kier alpha value is -2.76. The van der Waals surface area contributed by atoms with Gasteiger partial charge >= 0.3 is 0 Å². The fourth-order valence-corrected chi connectivity index (χ4v) is 3.26. The summed E-state index contributed by atoms with van der Waals surface area (Å²) in [5.74, 6) is 1.27. The van der Waals surface area contributed by atoms with Crippen LogP contribution in [0.3, 0.4) is 0 Å². The molecule has 6 heteroatoms. The Morgan fingerprint density at radius 3 is 2.85 bits per heavy atom. The normalized spacial score (nSPS) is 16.8. The number of nitrogens with one attached hydrogen (secondary N) is 1. The van der Waals surface area contributed by atoms with Crippen LogP contribution in [0.15, 0.2) is 47.1 Å².